The third-order valence-electron chi connectivity index (χ3n) is 3.51. The number of likely N-dealkylation sites (tertiary alicyclic amines) is 1. The minimum Gasteiger partial charge on any atom is -0.481 e. The average Bonchev–Trinajstić information content (AvgIpc) is 2.84. The molecule has 0 bridgehead atoms. The standard InChI is InChI=1S/C13H20N4O3/c1-16-8-10(7-15-16)4-5-14-13(20)17-6-2-3-11(9-17)12(18)19/h7-8,11H,2-6,9H2,1H3,(H,14,20)(H,18,19)/t11-/m1/s1. The zero-order valence-corrected chi connectivity index (χ0v) is 11.6. The van der Waals surface area contributed by atoms with Crippen LogP contribution in [0.5, 0.6) is 0 Å². The van der Waals surface area contributed by atoms with Crippen LogP contribution in [-0.4, -0.2) is 51.4 Å². The molecule has 7 heteroatoms. The minimum absolute atomic E-state index is 0.181. The number of aromatic nitrogens is 2. The number of nitrogens with zero attached hydrogens (tertiary/aromatic N) is 3. The molecule has 0 spiro atoms. The lowest BCUT2D eigenvalue weighted by molar-refractivity contribution is -0.143. The summed E-state index contributed by atoms with van der Waals surface area (Å²) >= 11 is 0. The Morgan fingerprint density at radius 1 is 1.55 bits per heavy atom. The number of piperidine rings is 1. The van der Waals surface area contributed by atoms with Crippen LogP contribution in [0.15, 0.2) is 12.4 Å². The van der Waals surface area contributed by atoms with Crippen molar-refractivity contribution in [3.8, 4) is 0 Å². The summed E-state index contributed by atoms with van der Waals surface area (Å²) in [6.45, 7) is 1.45. The number of urea groups is 1. The number of rotatable bonds is 4. The molecule has 0 aromatic carbocycles. The lowest BCUT2D eigenvalue weighted by Crippen LogP contribution is -2.47. The van der Waals surface area contributed by atoms with Gasteiger partial charge in [0.1, 0.15) is 0 Å². The van der Waals surface area contributed by atoms with Gasteiger partial charge in [-0.1, -0.05) is 0 Å². The second kappa shape index (κ2) is 6.40. The van der Waals surface area contributed by atoms with E-state index in [1.807, 2.05) is 13.2 Å². The first-order valence-electron chi connectivity index (χ1n) is 6.79. The fourth-order valence-corrected chi connectivity index (χ4v) is 2.39. The smallest absolute Gasteiger partial charge is 0.317 e. The van der Waals surface area contributed by atoms with E-state index in [1.165, 1.54) is 0 Å². The molecule has 20 heavy (non-hydrogen) atoms. The number of carboxylic acid groups (broad SMARTS) is 1. The van der Waals surface area contributed by atoms with Crippen molar-refractivity contribution in [2.45, 2.75) is 19.3 Å². The maximum Gasteiger partial charge on any atom is 0.317 e. The van der Waals surface area contributed by atoms with Gasteiger partial charge in [0.15, 0.2) is 0 Å². The third-order valence-corrected chi connectivity index (χ3v) is 3.51. The fourth-order valence-electron chi connectivity index (χ4n) is 2.39. The Labute approximate surface area is 117 Å². The molecule has 2 amide bonds. The van der Waals surface area contributed by atoms with Crippen LogP contribution >= 0.6 is 0 Å². The van der Waals surface area contributed by atoms with E-state index >= 15 is 0 Å². The number of amides is 2. The van der Waals surface area contributed by atoms with Crippen LogP contribution < -0.4 is 5.32 Å². The quantitative estimate of drug-likeness (QED) is 0.839. The van der Waals surface area contributed by atoms with Crippen LogP contribution in [0.4, 0.5) is 4.79 Å². The van der Waals surface area contributed by atoms with Gasteiger partial charge in [0.05, 0.1) is 12.1 Å². The second-order valence-corrected chi connectivity index (χ2v) is 5.13. The summed E-state index contributed by atoms with van der Waals surface area (Å²) in [4.78, 5) is 24.5. The average molecular weight is 280 g/mol. The summed E-state index contributed by atoms with van der Waals surface area (Å²) in [5.41, 5.74) is 1.06. The summed E-state index contributed by atoms with van der Waals surface area (Å²) in [5, 5.41) is 15.9. The highest BCUT2D eigenvalue weighted by Crippen LogP contribution is 2.16. The van der Waals surface area contributed by atoms with Crippen molar-refractivity contribution in [2.24, 2.45) is 13.0 Å². The molecule has 1 fully saturated rings. The maximum atomic E-state index is 12.0. The molecule has 2 heterocycles. The van der Waals surface area contributed by atoms with Crippen LogP contribution in [0, 0.1) is 5.92 Å². The zero-order valence-electron chi connectivity index (χ0n) is 11.6. The number of nitrogens with one attached hydrogen (secondary N) is 1. The molecule has 0 radical (unpaired) electrons. The van der Waals surface area contributed by atoms with Gasteiger partial charge in [0.25, 0.3) is 0 Å². The van der Waals surface area contributed by atoms with Gasteiger partial charge in [-0.05, 0) is 24.8 Å². The Bertz CT molecular complexity index is 486. The Balaban J connectivity index is 1.75. The molecule has 2 N–H and O–H groups in total. The van der Waals surface area contributed by atoms with Gasteiger partial charge in [0.2, 0.25) is 0 Å². The Hall–Kier alpha value is -2.05. The predicted octanol–water partition coefficient (Wildman–Crippen LogP) is 0.469. The molecule has 1 atom stereocenters. The molecule has 2 rings (SSSR count). The van der Waals surface area contributed by atoms with Crippen molar-refractivity contribution in [3.05, 3.63) is 18.0 Å². The SMILES string of the molecule is Cn1cc(CCNC(=O)N2CCC[C@@H](C(=O)O)C2)cn1. The molecule has 1 aromatic heterocycles. The van der Waals surface area contributed by atoms with Gasteiger partial charge in [0, 0.05) is 32.9 Å². The van der Waals surface area contributed by atoms with Crippen molar-refractivity contribution in [1.82, 2.24) is 20.0 Å². The Morgan fingerprint density at radius 2 is 2.35 bits per heavy atom. The van der Waals surface area contributed by atoms with Gasteiger partial charge < -0.3 is 15.3 Å². The number of hydrogen-bond acceptors (Lipinski definition) is 3. The van der Waals surface area contributed by atoms with E-state index in [9.17, 15) is 9.59 Å². The number of aliphatic carboxylic acids is 1. The van der Waals surface area contributed by atoms with Gasteiger partial charge in [-0.2, -0.15) is 5.10 Å². The van der Waals surface area contributed by atoms with Crippen molar-refractivity contribution in [3.63, 3.8) is 0 Å². The van der Waals surface area contributed by atoms with Crippen molar-refractivity contribution in [2.75, 3.05) is 19.6 Å². The molecule has 0 aliphatic carbocycles. The minimum atomic E-state index is -0.821. The zero-order chi connectivity index (χ0) is 14.5. The van der Waals surface area contributed by atoms with Gasteiger partial charge in [-0.15, -0.1) is 0 Å². The number of hydrogen-bond donors (Lipinski definition) is 2. The predicted molar refractivity (Wildman–Crippen MR) is 72.2 cm³/mol. The monoisotopic (exact) mass is 280 g/mol. The van der Waals surface area contributed by atoms with Crippen molar-refractivity contribution in [1.29, 1.82) is 0 Å². The van der Waals surface area contributed by atoms with Crippen LogP contribution in [0.2, 0.25) is 0 Å². The third kappa shape index (κ3) is 3.72. The molecular weight excluding hydrogens is 260 g/mol. The first kappa shape index (κ1) is 14.4. The number of carbonyl (C=O) groups excluding carboxylic acids is 1. The molecular formula is C13H20N4O3. The van der Waals surface area contributed by atoms with E-state index in [0.29, 0.717) is 26.1 Å². The highest BCUT2D eigenvalue weighted by Gasteiger charge is 2.27. The summed E-state index contributed by atoms with van der Waals surface area (Å²) in [5.74, 6) is -1.26. The van der Waals surface area contributed by atoms with E-state index in [2.05, 4.69) is 10.4 Å². The molecule has 0 unspecified atom stereocenters. The second-order valence-electron chi connectivity index (χ2n) is 5.13. The van der Waals surface area contributed by atoms with Crippen molar-refractivity contribution < 1.29 is 14.7 Å². The summed E-state index contributed by atoms with van der Waals surface area (Å²) in [6, 6.07) is -0.181. The largest absolute Gasteiger partial charge is 0.481 e. The van der Waals surface area contributed by atoms with Gasteiger partial charge in [-0.25, -0.2) is 4.79 Å². The maximum absolute atomic E-state index is 12.0. The van der Waals surface area contributed by atoms with E-state index in [4.69, 9.17) is 5.11 Å². The summed E-state index contributed by atoms with van der Waals surface area (Å²) in [7, 11) is 1.85. The van der Waals surface area contributed by atoms with Crippen LogP contribution in [0.3, 0.4) is 0 Å². The molecule has 1 aromatic rings. The Morgan fingerprint density at radius 3 is 3.00 bits per heavy atom. The van der Waals surface area contributed by atoms with E-state index < -0.39 is 11.9 Å². The molecule has 1 aliphatic rings. The van der Waals surface area contributed by atoms with Crippen LogP contribution in [0.25, 0.3) is 0 Å². The normalized spacial score (nSPS) is 18.9. The fraction of sp³-hybridized carbons (Fsp3) is 0.615. The van der Waals surface area contributed by atoms with Crippen LogP contribution in [-0.2, 0) is 18.3 Å². The molecule has 0 saturated carbocycles. The molecule has 1 saturated heterocycles. The number of carbonyl (C=O) groups is 2. The first-order chi connectivity index (χ1) is 9.56. The highest BCUT2D eigenvalue weighted by atomic mass is 16.4. The number of aryl methyl sites for hydroxylation is 1. The van der Waals surface area contributed by atoms with E-state index in [1.54, 1.807) is 15.8 Å². The van der Waals surface area contributed by atoms with E-state index in [-0.39, 0.29) is 6.03 Å². The number of carboxylic acids is 1. The molecule has 1 aliphatic heterocycles. The van der Waals surface area contributed by atoms with E-state index in [0.717, 1.165) is 18.4 Å². The topological polar surface area (TPSA) is 87.5 Å². The highest BCUT2D eigenvalue weighted by molar-refractivity contribution is 5.76. The van der Waals surface area contributed by atoms with Crippen molar-refractivity contribution >= 4 is 12.0 Å². The lowest BCUT2D eigenvalue weighted by atomic mass is 9.99. The van der Waals surface area contributed by atoms with Crippen LogP contribution in [0.1, 0.15) is 18.4 Å². The summed E-state index contributed by atoms with van der Waals surface area (Å²) < 4.78 is 1.72. The van der Waals surface area contributed by atoms with Gasteiger partial charge >= 0.3 is 12.0 Å². The van der Waals surface area contributed by atoms with Gasteiger partial charge in [-0.3, -0.25) is 9.48 Å². The molecule has 110 valence electrons. The summed E-state index contributed by atoms with van der Waals surface area (Å²) in [6.07, 6.45) is 5.79. The Kier molecular flexibility index (Phi) is 4.60. The molecule has 7 nitrogen and oxygen atoms in total. The lowest BCUT2D eigenvalue weighted by Gasteiger charge is -2.30. The first-order valence-corrected chi connectivity index (χ1v) is 6.79.